The molecule has 0 spiro atoms. The maximum atomic E-state index is 11.9. The molecule has 1 amide bonds. The molecule has 2 fully saturated rings. The van der Waals surface area contributed by atoms with E-state index in [9.17, 15) is 4.79 Å². The summed E-state index contributed by atoms with van der Waals surface area (Å²) in [4.78, 5) is 14.3. The molecule has 0 aliphatic carbocycles. The van der Waals surface area contributed by atoms with Crippen molar-refractivity contribution in [3.05, 3.63) is 11.8 Å². The number of rotatable bonds is 4. The zero-order valence-corrected chi connectivity index (χ0v) is 11.9. The number of anilines is 1. The molecule has 20 heavy (non-hydrogen) atoms. The van der Waals surface area contributed by atoms with Gasteiger partial charge in [0.1, 0.15) is 5.76 Å². The van der Waals surface area contributed by atoms with Crippen molar-refractivity contribution in [2.24, 2.45) is 0 Å². The summed E-state index contributed by atoms with van der Waals surface area (Å²) in [7, 11) is 0. The predicted molar refractivity (Wildman–Crippen MR) is 75.5 cm³/mol. The van der Waals surface area contributed by atoms with Gasteiger partial charge >= 0.3 is 0 Å². The number of aromatic nitrogens is 1. The van der Waals surface area contributed by atoms with Gasteiger partial charge in [-0.2, -0.15) is 0 Å². The van der Waals surface area contributed by atoms with Crippen LogP contribution in [0.5, 0.6) is 0 Å². The first-order chi connectivity index (χ1) is 9.69. The Morgan fingerprint density at radius 3 is 3.15 bits per heavy atom. The van der Waals surface area contributed by atoms with Crippen LogP contribution in [0.25, 0.3) is 0 Å². The number of carbonyl (C=O) groups excluding carboxylic acids is 1. The van der Waals surface area contributed by atoms with Gasteiger partial charge in [-0.25, -0.2) is 0 Å². The smallest absolute Gasteiger partial charge is 0.226 e. The number of nitrogens with zero attached hydrogens (tertiary/aromatic N) is 2. The van der Waals surface area contributed by atoms with E-state index in [2.05, 4.69) is 20.7 Å². The highest BCUT2D eigenvalue weighted by Gasteiger charge is 2.29. The number of likely N-dealkylation sites (tertiary alicyclic amines) is 1. The molecule has 1 aromatic rings. The lowest BCUT2D eigenvalue weighted by Gasteiger charge is -2.23. The molecule has 0 saturated carbocycles. The molecule has 0 radical (unpaired) electrons. The highest BCUT2D eigenvalue weighted by molar-refractivity contribution is 5.89. The number of hydrogen-bond donors (Lipinski definition) is 2. The standard InChI is InChI=1S/C14H22N4O2/c1-10-8-13(17-20-10)16-14(19)5-7-18-6-4-11-2-3-12(9-18)15-11/h8,11-12,15H,2-7,9H2,1H3,(H,16,17,19). The molecule has 2 saturated heterocycles. The number of amides is 1. The third kappa shape index (κ3) is 3.37. The van der Waals surface area contributed by atoms with Gasteiger partial charge < -0.3 is 20.1 Å². The van der Waals surface area contributed by atoms with Gasteiger partial charge in [-0.15, -0.1) is 0 Å². The van der Waals surface area contributed by atoms with Crippen LogP contribution < -0.4 is 10.6 Å². The number of aryl methyl sites for hydroxylation is 1. The maximum absolute atomic E-state index is 11.9. The summed E-state index contributed by atoms with van der Waals surface area (Å²) >= 11 is 0. The van der Waals surface area contributed by atoms with E-state index >= 15 is 0 Å². The lowest BCUT2D eigenvalue weighted by atomic mass is 10.1. The Labute approximate surface area is 118 Å². The Kier molecular flexibility index (Phi) is 4.03. The third-order valence-corrected chi connectivity index (χ3v) is 4.16. The zero-order chi connectivity index (χ0) is 13.9. The van der Waals surface area contributed by atoms with Crippen molar-refractivity contribution < 1.29 is 9.32 Å². The number of fused-ring (bicyclic) bond motifs is 2. The predicted octanol–water partition coefficient (Wildman–Crippen LogP) is 1.14. The number of hydrogen-bond acceptors (Lipinski definition) is 5. The Bertz CT molecular complexity index is 473. The summed E-state index contributed by atoms with van der Waals surface area (Å²) in [6.45, 7) is 4.77. The first-order valence-electron chi connectivity index (χ1n) is 7.40. The van der Waals surface area contributed by atoms with Crippen molar-refractivity contribution in [2.75, 3.05) is 25.0 Å². The lowest BCUT2D eigenvalue weighted by molar-refractivity contribution is -0.116. The van der Waals surface area contributed by atoms with Crippen LogP contribution in [0.2, 0.25) is 0 Å². The van der Waals surface area contributed by atoms with Crippen LogP contribution >= 0.6 is 0 Å². The molecule has 2 atom stereocenters. The molecule has 110 valence electrons. The minimum Gasteiger partial charge on any atom is -0.360 e. The van der Waals surface area contributed by atoms with Crippen LogP contribution in [0.15, 0.2) is 10.6 Å². The molecule has 3 rings (SSSR count). The quantitative estimate of drug-likeness (QED) is 0.864. The summed E-state index contributed by atoms with van der Waals surface area (Å²) in [6, 6.07) is 3.04. The van der Waals surface area contributed by atoms with E-state index in [1.54, 1.807) is 6.07 Å². The zero-order valence-electron chi connectivity index (χ0n) is 11.9. The van der Waals surface area contributed by atoms with E-state index in [1.165, 1.54) is 19.3 Å². The Hall–Kier alpha value is -1.40. The average Bonchev–Trinajstić information content (AvgIpc) is 2.94. The van der Waals surface area contributed by atoms with Crippen molar-refractivity contribution in [3.8, 4) is 0 Å². The summed E-state index contributed by atoms with van der Waals surface area (Å²) in [5.41, 5.74) is 0. The maximum Gasteiger partial charge on any atom is 0.226 e. The molecular formula is C14H22N4O2. The van der Waals surface area contributed by atoms with Gasteiger partial charge in [0.2, 0.25) is 5.91 Å². The molecule has 2 unspecified atom stereocenters. The molecule has 3 heterocycles. The van der Waals surface area contributed by atoms with Gasteiger partial charge in [-0.3, -0.25) is 4.79 Å². The van der Waals surface area contributed by atoms with Crippen LogP contribution in [0.1, 0.15) is 31.4 Å². The largest absolute Gasteiger partial charge is 0.360 e. The van der Waals surface area contributed by atoms with Gasteiger partial charge in [0.05, 0.1) is 0 Å². The van der Waals surface area contributed by atoms with Gasteiger partial charge in [0, 0.05) is 37.7 Å². The normalized spacial score (nSPS) is 26.4. The fraction of sp³-hybridized carbons (Fsp3) is 0.714. The van der Waals surface area contributed by atoms with Crippen LogP contribution in [0, 0.1) is 6.92 Å². The average molecular weight is 278 g/mol. The summed E-state index contributed by atoms with van der Waals surface area (Å²) in [5.74, 6) is 1.21. The van der Waals surface area contributed by atoms with Crippen LogP contribution in [-0.4, -0.2) is 47.7 Å². The molecule has 6 heteroatoms. The molecule has 6 nitrogen and oxygen atoms in total. The summed E-state index contributed by atoms with van der Waals surface area (Å²) in [5, 5.41) is 10.2. The molecular weight excluding hydrogens is 256 g/mol. The van der Waals surface area contributed by atoms with Crippen molar-refractivity contribution in [3.63, 3.8) is 0 Å². The van der Waals surface area contributed by atoms with E-state index in [4.69, 9.17) is 4.52 Å². The first kappa shape index (κ1) is 13.6. The fourth-order valence-electron chi connectivity index (χ4n) is 3.11. The monoisotopic (exact) mass is 278 g/mol. The van der Waals surface area contributed by atoms with Crippen LogP contribution in [0.3, 0.4) is 0 Å². The van der Waals surface area contributed by atoms with E-state index in [0.29, 0.717) is 30.1 Å². The number of carbonyl (C=O) groups is 1. The first-order valence-corrected chi connectivity index (χ1v) is 7.40. The van der Waals surface area contributed by atoms with Gasteiger partial charge in [0.15, 0.2) is 5.82 Å². The second-order valence-corrected chi connectivity index (χ2v) is 5.85. The van der Waals surface area contributed by atoms with Gasteiger partial charge in [-0.1, -0.05) is 5.16 Å². The minimum absolute atomic E-state index is 0.000616. The second-order valence-electron chi connectivity index (χ2n) is 5.85. The van der Waals surface area contributed by atoms with Crippen molar-refractivity contribution in [2.45, 2.75) is 44.7 Å². The van der Waals surface area contributed by atoms with E-state index in [0.717, 1.165) is 19.6 Å². The van der Waals surface area contributed by atoms with Gasteiger partial charge in [-0.05, 0) is 32.7 Å². The molecule has 1 aromatic heterocycles. The van der Waals surface area contributed by atoms with E-state index in [1.807, 2.05) is 6.92 Å². The molecule has 0 aromatic carbocycles. The molecule has 2 aliphatic rings. The highest BCUT2D eigenvalue weighted by Crippen LogP contribution is 2.20. The third-order valence-electron chi connectivity index (χ3n) is 4.16. The molecule has 2 aliphatic heterocycles. The Morgan fingerprint density at radius 1 is 1.50 bits per heavy atom. The minimum atomic E-state index is 0.000616. The Morgan fingerprint density at radius 2 is 2.35 bits per heavy atom. The van der Waals surface area contributed by atoms with Crippen molar-refractivity contribution >= 4 is 11.7 Å². The second kappa shape index (κ2) is 5.93. The molecule has 2 bridgehead atoms. The highest BCUT2D eigenvalue weighted by atomic mass is 16.5. The van der Waals surface area contributed by atoms with Crippen LogP contribution in [0.4, 0.5) is 5.82 Å². The summed E-state index contributed by atoms with van der Waals surface area (Å²) < 4.78 is 4.93. The fourth-order valence-corrected chi connectivity index (χ4v) is 3.11. The van der Waals surface area contributed by atoms with E-state index in [-0.39, 0.29) is 5.91 Å². The molecule has 2 N–H and O–H groups in total. The topological polar surface area (TPSA) is 70.4 Å². The number of nitrogens with one attached hydrogen (secondary N) is 2. The van der Waals surface area contributed by atoms with Crippen molar-refractivity contribution in [1.82, 2.24) is 15.4 Å². The summed E-state index contributed by atoms with van der Waals surface area (Å²) in [6.07, 6.45) is 4.28. The lowest BCUT2D eigenvalue weighted by Crippen LogP contribution is -2.36. The SMILES string of the molecule is Cc1cc(NC(=O)CCN2CCC3CCC(C2)N3)no1. The van der Waals surface area contributed by atoms with Crippen LogP contribution in [-0.2, 0) is 4.79 Å². The van der Waals surface area contributed by atoms with Gasteiger partial charge in [0.25, 0.3) is 0 Å². The Balaban J connectivity index is 1.43. The van der Waals surface area contributed by atoms with Crippen molar-refractivity contribution in [1.29, 1.82) is 0 Å². The van der Waals surface area contributed by atoms with E-state index < -0.39 is 0 Å².